The van der Waals surface area contributed by atoms with E-state index in [0.717, 1.165) is 26.1 Å². The van der Waals surface area contributed by atoms with Gasteiger partial charge in [0, 0.05) is 19.0 Å². The summed E-state index contributed by atoms with van der Waals surface area (Å²) in [4.78, 5) is 2.11. The van der Waals surface area contributed by atoms with Crippen LogP contribution in [0.5, 0.6) is 0 Å². The fraction of sp³-hybridized carbons (Fsp3) is 1.00. The van der Waals surface area contributed by atoms with Gasteiger partial charge in [-0.15, -0.1) is 0 Å². The second-order valence-corrected chi connectivity index (χ2v) is 4.06. The van der Waals surface area contributed by atoms with Crippen LogP contribution in [0.15, 0.2) is 0 Å². The summed E-state index contributed by atoms with van der Waals surface area (Å²) in [7, 11) is 0. The van der Waals surface area contributed by atoms with E-state index < -0.39 is 12.6 Å². The number of likely N-dealkylation sites (tertiary alicyclic amines) is 1. The van der Waals surface area contributed by atoms with Gasteiger partial charge in [-0.1, -0.05) is 6.92 Å². The zero-order valence-electron chi connectivity index (χ0n) is 9.11. The van der Waals surface area contributed by atoms with Gasteiger partial charge in [0.25, 0.3) is 0 Å². The van der Waals surface area contributed by atoms with Crippen LogP contribution in [0.3, 0.4) is 0 Å². The first-order valence-electron chi connectivity index (χ1n) is 5.54. The molecule has 0 aromatic rings. The Bertz CT molecular complexity index is 182. The predicted molar refractivity (Wildman–Crippen MR) is 53.8 cm³/mol. The molecule has 1 aliphatic heterocycles. The van der Waals surface area contributed by atoms with E-state index >= 15 is 0 Å². The third-order valence-corrected chi connectivity index (χ3v) is 2.70. The SMILES string of the molecule is CCNC1CCN(CCCC(F)(F)F)C1. The van der Waals surface area contributed by atoms with Crippen molar-refractivity contribution >= 4 is 0 Å². The van der Waals surface area contributed by atoms with Crippen LogP contribution in [0.4, 0.5) is 13.2 Å². The molecule has 2 nitrogen and oxygen atoms in total. The van der Waals surface area contributed by atoms with Gasteiger partial charge in [-0.3, -0.25) is 0 Å². The molecule has 5 heteroatoms. The van der Waals surface area contributed by atoms with Crippen LogP contribution in [0.1, 0.15) is 26.2 Å². The molecule has 0 spiro atoms. The molecule has 0 saturated carbocycles. The number of hydrogen-bond acceptors (Lipinski definition) is 2. The Hall–Kier alpha value is -0.290. The second-order valence-electron chi connectivity index (χ2n) is 4.06. The fourth-order valence-corrected chi connectivity index (χ4v) is 1.99. The van der Waals surface area contributed by atoms with Crippen LogP contribution in [0.2, 0.25) is 0 Å². The summed E-state index contributed by atoms with van der Waals surface area (Å²) in [6.07, 6.45) is -3.38. The molecule has 1 rings (SSSR count). The van der Waals surface area contributed by atoms with Crippen molar-refractivity contribution < 1.29 is 13.2 Å². The first-order chi connectivity index (χ1) is 7.01. The van der Waals surface area contributed by atoms with Gasteiger partial charge in [-0.2, -0.15) is 13.2 Å². The molecule has 1 fully saturated rings. The molecule has 1 N–H and O–H groups in total. The van der Waals surface area contributed by atoms with Gasteiger partial charge in [-0.25, -0.2) is 0 Å². The standard InChI is InChI=1S/C10H19F3N2/c1-2-14-9-4-7-15(8-9)6-3-5-10(11,12)13/h9,14H,2-8H2,1H3. The van der Waals surface area contributed by atoms with Crippen LogP contribution in [0.25, 0.3) is 0 Å². The number of nitrogens with zero attached hydrogens (tertiary/aromatic N) is 1. The number of halogens is 3. The number of nitrogens with one attached hydrogen (secondary N) is 1. The Morgan fingerprint density at radius 1 is 1.40 bits per heavy atom. The van der Waals surface area contributed by atoms with Gasteiger partial charge in [0.15, 0.2) is 0 Å². The summed E-state index contributed by atoms with van der Waals surface area (Å²) in [6.45, 7) is 5.37. The van der Waals surface area contributed by atoms with Crippen molar-refractivity contribution in [3.05, 3.63) is 0 Å². The van der Waals surface area contributed by atoms with Crippen molar-refractivity contribution in [1.29, 1.82) is 0 Å². The van der Waals surface area contributed by atoms with Crippen LogP contribution in [0, 0.1) is 0 Å². The highest BCUT2D eigenvalue weighted by Crippen LogP contribution is 2.22. The highest BCUT2D eigenvalue weighted by Gasteiger charge is 2.27. The molecule has 0 radical (unpaired) electrons. The van der Waals surface area contributed by atoms with Gasteiger partial charge in [0.2, 0.25) is 0 Å². The van der Waals surface area contributed by atoms with E-state index in [1.807, 2.05) is 6.92 Å². The summed E-state index contributed by atoms with van der Waals surface area (Å²) in [5.41, 5.74) is 0. The van der Waals surface area contributed by atoms with Crippen molar-refractivity contribution in [1.82, 2.24) is 10.2 Å². The summed E-state index contributed by atoms with van der Waals surface area (Å²) in [5.74, 6) is 0. The highest BCUT2D eigenvalue weighted by molar-refractivity contribution is 4.80. The summed E-state index contributed by atoms with van der Waals surface area (Å²) in [6, 6.07) is 0.473. The molecule has 0 bridgehead atoms. The minimum Gasteiger partial charge on any atom is -0.313 e. The fourth-order valence-electron chi connectivity index (χ4n) is 1.99. The molecule has 15 heavy (non-hydrogen) atoms. The van der Waals surface area contributed by atoms with E-state index in [4.69, 9.17) is 0 Å². The van der Waals surface area contributed by atoms with Crippen LogP contribution in [-0.2, 0) is 0 Å². The molecular formula is C10H19F3N2. The maximum Gasteiger partial charge on any atom is 0.389 e. The van der Waals surface area contributed by atoms with E-state index in [9.17, 15) is 13.2 Å². The Kier molecular flexibility index (Phi) is 4.86. The second kappa shape index (κ2) is 5.70. The third kappa shape index (κ3) is 5.37. The number of alkyl halides is 3. The molecule has 0 aliphatic carbocycles. The number of hydrogen-bond donors (Lipinski definition) is 1. The van der Waals surface area contributed by atoms with E-state index in [-0.39, 0.29) is 6.42 Å². The maximum atomic E-state index is 11.9. The van der Waals surface area contributed by atoms with Gasteiger partial charge < -0.3 is 10.2 Å². The zero-order chi connectivity index (χ0) is 11.3. The van der Waals surface area contributed by atoms with Crippen LogP contribution in [-0.4, -0.2) is 43.3 Å². The molecule has 1 saturated heterocycles. The predicted octanol–water partition coefficient (Wildman–Crippen LogP) is 2.01. The lowest BCUT2D eigenvalue weighted by Gasteiger charge is -2.16. The largest absolute Gasteiger partial charge is 0.389 e. The smallest absolute Gasteiger partial charge is 0.313 e. The summed E-state index contributed by atoms with van der Waals surface area (Å²) >= 11 is 0. The minimum atomic E-state index is -4.00. The average molecular weight is 224 g/mol. The molecule has 0 aromatic carbocycles. The molecular weight excluding hydrogens is 205 g/mol. The monoisotopic (exact) mass is 224 g/mol. The minimum absolute atomic E-state index is 0.225. The lowest BCUT2D eigenvalue weighted by molar-refractivity contribution is -0.136. The lowest BCUT2D eigenvalue weighted by Crippen LogP contribution is -2.32. The number of rotatable bonds is 5. The Balaban J connectivity index is 2.09. The lowest BCUT2D eigenvalue weighted by atomic mass is 10.2. The molecule has 90 valence electrons. The molecule has 1 unspecified atom stereocenters. The quantitative estimate of drug-likeness (QED) is 0.768. The average Bonchev–Trinajstić information content (AvgIpc) is 2.51. The van der Waals surface area contributed by atoms with E-state index in [0.29, 0.717) is 12.6 Å². The highest BCUT2D eigenvalue weighted by atomic mass is 19.4. The van der Waals surface area contributed by atoms with Gasteiger partial charge in [0.1, 0.15) is 0 Å². The third-order valence-electron chi connectivity index (χ3n) is 2.70. The topological polar surface area (TPSA) is 15.3 Å². The maximum absolute atomic E-state index is 11.9. The van der Waals surface area contributed by atoms with Crippen molar-refractivity contribution in [2.45, 2.75) is 38.4 Å². The molecule has 0 aromatic heterocycles. The van der Waals surface area contributed by atoms with Crippen LogP contribution < -0.4 is 5.32 Å². The number of likely N-dealkylation sites (N-methyl/N-ethyl adjacent to an activating group) is 1. The summed E-state index contributed by atoms with van der Waals surface area (Å²) < 4.78 is 35.7. The van der Waals surface area contributed by atoms with Crippen molar-refractivity contribution in [2.75, 3.05) is 26.2 Å². The molecule has 1 aliphatic rings. The van der Waals surface area contributed by atoms with E-state index in [2.05, 4.69) is 10.2 Å². The first-order valence-corrected chi connectivity index (χ1v) is 5.54. The van der Waals surface area contributed by atoms with Gasteiger partial charge in [0.05, 0.1) is 0 Å². The van der Waals surface area contributed by atoms with Gasteiger partial charge in [-0.05, 0) is 32.5 Å². The summed E-state index contributed by atoms with van der Waals surface area (Å²) in [5, 5.41) is 3.32. The van der Waals surface area contributed by atoms with Crippen molar-refractivity contribution in [2.24, 2.45) is 0 Å². The van der Waals surface area contributed by atoms with Crippen molar-refractivity contribution in [3.8, 4) is 0 Å². The van der Waals surface area contributed by atoms with Gasteiger partial charge >= 0.3 is 6.18 Å². The Morgan fingerprint density at radius 3 is 2.73 bits per heavy atom. The van der Waals surface area contributed by atoms with E-state index in [1.165, 1.54) is 0 Å². The van der Waals surface area contributed by atoms with Crippen LogP contribution >= 0.6 is 0 Å². The Morgan fingerprint density at radius 2 is 2.13 bits per heavy atom. The zero-order valence-corrected chi connectivity index (χ0v) is 9.11. The molecule has 1 heterocycles. The molecule has 1 atom stereocenters. The Labute approximate surface area is 88.8 Å². The molecule has 0 amide bonds. The first kappa shape index (κ1) is 12.8. The van der Waals surface area contributed by atoms with Crippen molar-refractivity contribution in [3.63, 3.8) is 0 Å². The van der Waals surface area contributed by atoms with E-state index in [1.54, 1.807) is 0 Å². The normalized spacial score (nSPS) is 23.6.